The summed E-state index contributed by atoms with van der Waals surface area (Å²) in [5, 5.41) is 7.19. The highest BCUT2D eigenvalue weighted by Crippen LogP contribution is 2.29. The van der Waals surface area contributed by atoms with Crippen LogP contribution in [0.25, 0.3) is 0 Å². The van der Waals surface area contributed by atoms with Crippen molar-refractivity contribution in [3.05, 3.63) is 29.3 Å². The summed E-state index contributed by atoms with van der Waals surface area (Å²) >= 11 is 1.88. The minimum atomic E-state index is 0.0873. The van der Waals surface area contributed by atoms with E-state index >= 15 is 0 Å². The van der Waals surface area contributed by atoms with E-state index in [4.69, 9.17) is 0 Å². The quantitative estimate of drug-likeness (QED) is 0.899. The molecule has 0 spiro atoms. The number of hydrogen-bond acceptors (Lipinski definition) is 3. The Morgan fingerprint density at radius 1 is 1.35 bits per heavy atom. The summed E-state index contributed by atoms with van der Waals surface area (Å²) in [5.74, 6) is 0.0873. The molecular weight excluding hydrogens is 268 g/mol. The predicted octanol–water partition coefficient (Wildman–Crippen LogP) is 3.06. The molecule has 1 aliphatic heterocycles. The van der Waals surface area contributed by atoms with E-state index in [0.717, 1.165) is 31.4 Å². The molecule has 2 unspecified atom stereocenters. The molecule has 3 nitrogen and oxygen atoms in total. The van der Waals surface area contributed by atoms with Crippen LogP contribution in [0.4, 0.5) is 5.69 Å². The Kier molecular flexibility index (Phi) is 4.20. The summed E-state index contributed by atoms with van der Waals surface area (Å²) in [6.07, 6.45) is 7.92. The lowest BCUT2D eigenvalue weighted by molar-refractivity contribution is 0.0938. The fraction of sp³-hybridized carbons (Fsp3) is 0.562. The number of carbonyl (C=O) groups is 1. The van der Waals surface area contributed by atoms with E-state index in [-0.39, 0.29) is 5.91 Å². The number of nitrogens with one attached hydrogen (secondary N) is 2. The molecule has 108 valence electrons. The van der Waals surface area contributed by atoms with Gasteiger partial charge in [-0.2, -0.15) is 11.8 Å². The van der Waals surface area contributed by atoms with E-state index in [1.54, 1.807) is 0 Å². The summed E-state index contributed by atoms with van der Waals surface area (Å²) in [5.41, 5.74) is 3.27. The molecule has 0 radical (unpaired) electrons. The Labute approximate surface area is 124 Å². The minimum Gasteiger partial charge on any atom is -0.385 e. The first-order valence-corrected chi connectivity index (χ1v) is 8.77. The Morgan fingerprint density at radius 2 is 2.25 bits per heavy atom. The topological polar surface area (TPSA) is 41.1 Å². The second-order valence-electron chi connectivity index (χ2n) is 5.69. The highest BCUT2D eigenvalue weighted by atomic mass is 32.2. The van der Waals surface area contributed by atoms with Crippen LogP contribution in [0.5, 0.6) is 0 Å². The molecule has 20 heavy (non-hydrogen) atoms. The van der Waals surface area contributed by atoms with Crippen LogP contribution in [-0.4, -0.2) is 30.0 Å². The number of amides is 1. The predicted molar refractivity (Wildman–Crippen MR) is 85.7 cm³/mol. The molecule has 1 aromatic carbocycles. The van der Waals surface area contributed by atoms with Gasteiger partial charge in [0.05, 0.1) is 0 Å². The van der Waals surface area contributed by atoms with E-state index in [2.05, 4.69) is 23.0 Å². The average Bonchev–Trinajstić information content (AvgIpc) is 2.94. The summed E-state index contributed by atoms with van der Waals surface area (Å²) in [6.45, 7) is 1.04. The summed E-state index contributed by atoms with van der Waals surface area (Å²) in [7, 11) is 0. The van der Waals surface area contributed by atoms with Crippen molar-refractivity contribution in [1.82, 2.24) is 5.32 Å². The van der Waals surface area contributed by atoms with E-state index in [1.807, 2.05) is 23.9 Å². The number of rotatable bonds is 3. The van der Waals surface area contributed by atoms with Crippen LogP contribution in [0.1, 0.15) is 41.6 Å². The third kappa shape index (κ3) is 2.80. The van der Waals surface area contributed by atoms with E-state index in [1.165, 1.54) is 24.1 Å². The molecule has 2 atom stereocenters. The number of fused-ring (bicyclic) bond motifs is 1. The number of thioether (sulfide) groups is 1. The molecule has 0 aromatic heterocycles. The number of benzene rings is 1. The lowest BCUT2D eigenvalue weighted by Crippen LogP contribution is -2.38. The fourth-order valence-electron chi connectivity index (χ4n) is 3.24. The van der Waals surface area contributed by atoms with E-state index < -0.39 is 0 Å². The second kappa shape index (κ2) is 6.08. The third-order valence-corrected chi connectivity index (χ3v) is 5.55. The van der Waals surface area contributed by atoms with Crippen molar-refractivity contribution >= 4 is 23.4 Å². The van der Waals surface area contributed by atoms with Crippen molar-refractivity contribution in [3.63, 3.8) is 0 Å². The number of carbonyl (C=O) groups excluding carboxylic acids is 1. The van der Waals surface area contributed by atoms with Crippen LogP contribution in [0.15, 0.2) is 18.2 Å². The smallest absolute Gasteiger partial charge is 0.251 e. The highest BCUT2D eigenvalue weighted by molar-refractivity contribution is 7.99. The van der Waals surface area contributed by atoms with Gasteiger partial charge in [-0.15, -0.1) is 0 Å². The molecule has 1 aromatic rings. The molecule has 0 bridgehead atoms. The molecule has 1 saturated carbocycles. The minimum absolute atomic E-state index is 0.0873. The molecule has 4 heteroatoms. The summed E-state index contributed by atoms with van der Waals surface area (Å²) < 4.78 is 0. The van der Waals surface area contributed by atoms with Gasteiger partial charge in [0.25, 0.3) is 5.91 Å². The molecule has 3 rings (SSSR count). The molecule has 2 aliphatic rings. The highest BCUT2D eigenvalue weighted by Gasteiger charge is 2.28. The van der Waals surface area contributed by atoms with Gasteiger partial charge in [0.1, 0.15) is 0 Å². The Balaban J connectivity index is 1.71. The normalized spacial score (nSPS) is 24.9. The maximum absolute atomic E-state index is 12.4. The van der Waals surface area contributed by atoms with E-state index in [0.29, 0.717) is 11.3 Å². The maximum Gasteiger partial charge on any atom is 0.251 e. The second-order valence-corrected chi connectivity index (χ2v) is 6.76. The Bertz CT molecular complexity index is 503. The van der Waals surface area contributed by atoms with Gasteiger partial charge >= 0.3 is 0 Å². The van der Waals surface area contributed by atoms with Crippen molar-refractivity contribution in [1.29, 1.82) is 0 Å². The van der Waals surface area contributed by atoms with Gasteiger partial charge in [0.2, 0.25) is 0 Å². The van der Waals surface area contributed by atoms with Crippen LogP contribution in [-0.2, 0) is 6.42 Å². The average molecular weight is 290 g/mol. The molecule has 1 heterocycles. The van der Waals surface area contributed by atoms with Gasteiger partial charge in [0, 0.05) is 29.1 Å². The van der Waals surface area contributed by atoms with Crippen molar-refractivity contribution in [3.8, 4) is 0 Å². The summed E-state index contributed by atoms with van der Waals surface area (Å²) in [6, 6.07) is 6.38. The van der Waals surface area contributed by atoms with Gasteiger partial charge in [0.15, 0.2) is 0 Å². The lowest BCUT2D eigenvalue weighted by Gasteiger charge is -2.21. The fourth-order valence-corrected chi connectivity index (χ4v) is 4.18. The van der Waals surface area contributed by atoms with Gasteiger partial charge < -0.3 is 10.6 Å². The van der Waals surface area contributed by atoms with Crippen LogP contribution in [0.3, 0.4) is 0 Å². The zero-order valence-electron chi connectivity index (χ0n) is 11.9. The van der Waals surface area contributed by atoms with Crippen molar-refractivity contribution in [2.45, 2.75) is 43.4 Å². The van der Waals surface area contributed by atoms with Gasteiger partial charge in [-0.25, -0.2) is 0 Å². The van der Waals surface area contributed by atoms with Crippen LogP contribution >= 0.6 is 11.8 Å². The first-order valence-electron chi connectivity index (χ1n) is 7.48. The first-order chi connectivity index (χ1) is 9.78. The Morgan fingerprint density at radius 3 is 3.10 bits per heavy atom. The molecule has 0 saturated heterocycles. The standard InChI is InChI=1S/C16H22N2OS/c1-20-15-6-2-5-14(15)18-16(19)12-7-8-13-11(10-12)4-3-9-17-13/h7-8,10,14-15,17H,2-6,9H2,1H3,(H,18,19). The molecule has 2 N–H and O–H groups in total. The molecular formula is C16H22N2OS. The SMILES string of the molecule is CSC1CCCC1NC(=O)c1ccc2c(c1)CCCN2. The Hall–Kier alpha value is -1.16. The van der Waals surface area contributed by atoms with Crippen molar-refractivity contribution in [2.24, 2.45) is 0 Å². The summed E-state index contributed by atoms with van der Waals surface area (Å²) in [4.78, 5) is 12.4. The molecule has 1 amide bonds. The molecule has 1 fully saturated rings. The van der Waals surface area contributed by atoms with Crippen LogP contribution in [0, 0.1) is 0 Å². The zero-order valence-corrected chi connectivity index (χ0v) is 12.8. The lowest BCUT2D eigenvalue weighted by atomic mass is 10.0. The van der Waals surface area contributed by atoms with E-state index in [9.17, 15) is 4.79 Å². The monoisotopic (exact) mass is 290 g/mol. The third-order valence-electron chi connectivity index (χ3n) is 4.38. The van der Waals surface area contributed by atoms with Gasteiger partial charge in [-0.3, -0.25) is 4.79 Å². The van der Waals surface area contributed by atoms with Crippen LogP contribution in [0.2, 0.25) is 0 Å². The zero-order chi connectivity index (χ0) is 13.9. The van der Waals surface area contributed by atoms with Gasteiger partial charge in [-0.05, 0) is 55.7 Å². The maximum atomic E-state index is 12.4. The molecule has 1 aliphatic carbocycles. The van der Waals surface area contributed by atoms with Crippen molar-refractivity contribution in [2.75, 3.05) is 18.1 Å². The van der Waals surface area contributed by atoms with Crippen LogP contribution < -0.4 is 10.6 Å². The number of anilines is 1. The number of hydrogen-bond donors (Lipinski definition) is 2. The van der Waals surface area contributed by atoms with Gasteiger partial charge in [-0.1, -0.05) is 6.42 Å². The largest absolute Gasteiger partial charge is 0.385 e. The first kappa shape index (κ1) is 13.8. The number of aryl methyl sites for hydroxylation is 1. The van der Waals surface area contributed by atoms with Crippen molar-refractivity contribution < 1.29 is 4.79 Å².